The number of pyridine rings is 1. The van der Waals surface area contributed by atoms with Gasteiger partial charge in [-0.1, -0.05) is 48.5 Å². The van der Waals surface area contributed by atoms with Crippen molar-refractivity contribution in [3.8, 4) is 16.1 Å². The highest BCUT2D eigenvalue weighted by atomic mass is 32.1. The molecule has 5 heteroatoms. The van der Waals surface area contributed by atoms with Crippen LogP contribution in [-0.4, -0.2) is 14.2 Å². The lowest BCUT2D eigenvalue weighted by Gasteiger charge is -2.10. The average molecular weight is 500 g/mol. The van der Waals surface area contributed by atoms with E-state index >= 15 is 0 Å². The van der Waals surface area contributed by atoms with Gasteiger partial charge in [-0.25, -0.2) is 4.52 Å². The first kappa shape index (κ1) is 20.3. The molecule has 0 unspecified atom stereocenters. The van der Waals surface area contributed by atoms with E-state index in [0.29, 0.717) is 0 Å². The van der Waals surface area contributed by atoms with Crippen molar-refractivity contribution in [2.75, 3.05) is 0 Å². The maximum atomic E-state index is 4.77. The van der Waals surface area contributed by atoms with Crippen LogP contribution in [-0.2, 0) is 0 Å². The summed E-state index contributed by atoms with van der Waals surface area (Å²) in [5.74, 6) is 0. The summed E-state index contributed by atoms with van der Waals surface area (Å²) in [5, 5.41) is 12.2. The van der Waals surface area contributed by atoms with Crippen molar-refractivity contribution in [3.63, 3.8) is 0 Å². The molecule has 36 heavy (non-hydrogen) atoms. The van der Waals surface area contributed by atoms with Crippen molar-refractivity contribution in [1.82, 2.24) is 14.2 Å². The Morgan fingerprint density at radius 3 is 2.28 bits per heavy atom. The summed E-state index contributed by atoms with van der Waals surface area (Å²) in [6.07, 6.45) is 1.99. The topological polar surface area (TPSA) is 22.2 Å². The second kappa shape index (κ2) is 7.29. The van der Waals surface area contributed by atoms with Crippen molar-refractivity contribution in [3.05, 3.63) is 101 Å². The van der Waals surface area contributed by atoms with Gasteiger partial charge in [0, 0.05) is 42.4 Å². The van der Waals surface area contributed by atoms with Gasteiger partial charge in [-0.15, -0.1) is 22.7 Å². The fourth-order valence-electron chi connectivity index (χ4n) is 5.73. The van der Waals surface area contributed by atoms with Crippen molar-refractivity contribution < 1.29 is 0 Å². The molecule has 0 aliphatic heterocycles. The summed E-state index contributed by atoms with van der Waals surface area (Å²) in [7, 11) is 0. The Bertz CT molecular complexity index is 2080. The lowest BCUT2D eigenvalue weighted by molar-refractivity contribution is 1.01. The summed E-state index contributed by atoms with van der Waals surface area (Å²) in [5.41, 5.74) is 8.53. The van der Waals surface area contributed by atoms with E-state index in [1.165, 1.54) is 74.9 Å². The van der Waals surface area contributed by atoms with Gasteiger partial charge in [-0.3, -0.25) is 0 Å². The van der Waals surface area contributed by atoms with Crippen LogP contribution < -0.4 is 0 Å². The van der Waals surface area contributed by atoms with E-state index in [1.807, 2.05) is 28.9 Å². The monoisotopic (exact) mass is 499 g/mol. The zero-order chi connectivity index (χ0) is 24.0. The standard InChI is InChI=1S/C31H21N3S2/c1-18-16-32-34-27-17-35-30(28(27)24-14-19(2)36-31(24)29(18)34)20-8-7-9-21(15-20)33-25-12-5-3-10-22(25)23-11-4-6-13-26(23)33/h3-17H,1-2H3. The van der Waals surface area contributed by atoms with E-state index in [-0.39, 0.29) is 0 Å². The Kier molecular flexibility index (Phi) is 4.11. The van der Waals surface area contributed by atoms with Gasteiger partial charge in [0.1, 0.15) is 0 Å². The van der Waals surface area contributed by atoms with Gasteiger partial charge >= 0.3 is 0 Å². The predicted molar refractivity (Wildman–Crippen MR) is 155 cm³/mol. The number of para-hydroxylation sites is 2. The van der Waals surface area contributed by atoms with Crippen LogP contribution in [0.4, 0.5) is 0 Å². The molecule has 0 radical (unpaired) electrons. The molecule has 5 aromatic heterocycles. The van der Waals surface area contributed by atoms with E-state index in [0.717, 1.165) is 0 Å². The van der Waals surface area contributed by atoms with Crippen LogP contribution in [0.15, 0.2) is 90.4 Å². The van der Waals surface area contributed by atoms with E-state index < -0.39 is 0 Å². The van der Waals surface area contributed by atoms with Gasteiger partial charge in [-0.2, -0.15) is 5.10 Å². The number of aryl methyl sites for hydroxylation is 2. The van der Waals surface area contributed by atoms with Gasteiger partial charge in [0.05, 0.1) is 33.0 Å². The number of hydrogen-bond donors (Lipinski definition) is 0. The molecule has 0 fully saturated rings. The molecule has 172 valence electrons. The van der Waals surface area contributed by atoms with E-state index in [2.05, 4.69) is 107 Å². The van der Waals surface area contributed by atoms with Crippen molar-refractivity contribution >= 4 is 71.0 Å². The molecule has 0 aliphatic rings. The normalized spacial score (nSPS) is 12.2. The van der Waals surface area contributed by atoms with Crippen LogP contribution in [0.1, 0.15) is 10.4 Å². The summed E-state index contributed by atoms with van der Waals surface area (Å²) < 4.78 is 5.86. The summed E-state index contributed by atoms with van der Waals surface area (Å²) in [6, 6.07) is 28.7. The third-order valence-electron chi connectivity index (χ3n) is 7.24. The smallest absolute Gasteiger partial charge is 0.0876 e. The second-order valence-corrected chi connectivity index (χ2v) is 11.6. The predicted octanol–water partition coefficient (Wildman–Crippen LogP) is 9.14. The number of rotatable bonds is 2. The summed E-state index contributed by atoms with van der Waals surface area (Å²) in [4.78, 5) is 2.63. The maximum absolute atomic E-state index is 4.77. The van der Waals surface area contributed by atoms with Crippen LogP contribution in [0.5, 0.6) is 0 Å². The van der Waals surface area contributed by atoms with Crippen LogP contribution in [0.2, 0.25) is 0 Å². The zero-order valence-corrected chi connectivity index (χ0v) is 21.5. The molecule has 0 spiro atoms. The number of thiophene rings is 2. The third-order valence-corrected chi connectivity index (χ3v) is 9.31. The number of nitrogens with zero attached hydrogens (tertiary/aromatic N) is 3. The molecule has 0 amide bonds. The Hall–Kier alpha value is -3.93. The number of benzene rings is 3. The molecule has 0 saturated heterocycles. The molecule has 3 aromatic carbocycles. The van der Waals surface area contributed by atoms with Crippen LogP contribution in [0.25, 0.3) is 64.4 Å². The number of fused-ring (bicyclic) bond motifs is 9. The third kappa shape index (κ3) is 2.64. The zero-order valence-electron chi connectivity index (χ0n) is 19.8. The first-order chi connectivity index (χ1) is 17.7. The lowest BCUT2D eigenvalue weighted by atomic mass is 10.1. The highest BCUT2D eigenvalue weighted by molar-refractivity contribution is 7.20. The largest absolute Gasteiger partial charge is 0.309 e. The summed E-state index contributed by atoms with van der Waals surface area (Å²) >= 11 is 3.68. The van der Waals surface area contributed by atoms with Gasteiger partial charge in [-0.05, 0) is 55.3 Å². The van der Waals surface area contributed by atoms with Crippen molar-refractivity contribution in [1.29, 1.82) is 0 Å². The lowest BCUT2D eigenvalue weighted by Crippen LogP contribution is -1.94. The van der Waals surface area contributed by atoms with Gasteiger partial charge < -0.3 is 4.57 Å². The summed E-state index contributed by atoms with van der Waals surface area (Å²) in [6.45, 7) is 4.36. The quantitative estimate of drug-likeness (QED) is 0.232. The molecule has 8 aromatic rings. The first-order valence-electron chi connectivity index (χ1n) is 12.1. The molecule has 8 rings (SSSR count). The molecular weight excluding hydrogens is 478 g/mol. The number of hydrogen-bond acceptors (Lipinski definition) is 3. The molecule has 3 nitrogen and oxygen atoms in total. The van der Waals surface area contributed by atoms with Crippen LogP contribution in [0, 0.1) is 13.8 Å². The van der Waals surface area contributed by atoms with E-state index in [4.69, 9.17) is 5.10 Å². The minimum atomic E-state index is 1.18. The molecule has 0 saturated carbocycles. The fraction of sp³-hybridized carbons (Fsp3) is 0.0645. The molecule has 0 aliphatic carbocycles. The highest BCUT2D eigenvalue weighted by Gasteiger charge is 2.19. The molecule has 0 atom stereocenters. The average Bonchev–Trinajstić information content (AvgIpc) is 3.66. The Morgan fingerprint density at radius 1 is 0.750 bits per heavy atom. The van der Waals surface area contributed by atoms with E-state index in [1.54, 1.807) is 0 Å². The molecule has 5 heterocycles. The second-order valence-electron chi connectivity index (χ2n) is 9.43. The first-order valence-corrected chi connectivity index (χ1v) is 13.8. The molecular formula is C31H21N3S2. The SMILES string of the molecule is Cc1cc2c(s1)c1c(C)cnn1c1csc(-c3cccc(-n4c5ccccc5c5ccccc54)c3)c21. The van der Waals surface area contributed by atoms with E-state index in [9.17, 15) is 0 Å². The Labute approximate surface area is 215 Å². The highest BCUT2D eigenvalue weighted by Crippen LogP contribution is 2.44. The van der Waals surface area contributed by atoms with Gasteiger partial charge in [0.15, 0.2) is 0 Å². The van der Waals surface area contributed by atoms with Crippen LogP contribution in [0.3, 0.4) is 0 Å². The van der Waals surface area contributed by atoms with Crippen molar-refractivity contribution in [2.24, 2.45) is 0 Å². The molecule has 0 bridgehead atoms. The van der Waals surface area contributed by atoms with Gasteiger partial charge in [0.25, 0.3) is 0 Å². The fourth-order valence-corrected chi connectivity index (χ4v) is 7.88. The maximum Gasteiger partial charge on any atom is 0.0876 e. The number of aromatic nitrogens is 3. The Morgan fingerprint density at radius 2 is 1.50 bits per heavy atom. The molecule has 0 N–H and O–H groups in total. The van der Waals surface area contributed by atoms with Crippen LogP contribution >= 0.6 is 22.7 Å². The van der Waals surface area contributed by atoms with Gasteiger partial charge in [0.2, 0.25) is 0 Å². The minimum absolute atomic E-state index is 1.18. The van der Waals surface area contributed by atoms with Crippen molar-refractivity contribution in [2.45, 2.75) is 13.8 Å². The minimum Gasteiger partial charge on any atom is -0.309 e. The Balaban J connectivity index is 1.43.